The van der Waals surface area contributed by atoms with Gasteiger partial charge in [0, 0.05) is 37.5 Å². The summed E-state index contributed by atoms with van der Waals surface area (Å²) >= 11 is 0. The Morgan fingerprint density at radius 1 is 1.39 bits per heavy atom. The number of phenols is 1. The molecule has 4 N–H and O–H groups in total. The summed E-state index contributed by atoms with van der Waals surface area (Å²) in [6, 6.07) is 5.23. The van der Waals surface area contributed by atoms with E-state index in [-0.39, 0.29) is 35.4 Å². The normalized spacial score (nSPS) is 11.2. The van der Waals surface area contributed by atoms with Crippen LogP contribution in [0.3, 0.4) is 0 Å². The molecule has 0 aliphatic carbocycles. The van der Waals surface area contributed by atoms with E-state index in [1.54, 1.807) is 12.1 Å². The van der Waals surface area contributed by atoms with Crippen molar-refractivity contribution < 1.29 is 19.3 Å². The van der Waals surface area contributed by atoms with E-state index in [9.17, 15) is 9.90 Å². The minimum Gasteiger partial charge on any atom is -0.507 e. The molecule has 13 heteroatoms. The van der Waals surface area contributed by atoms with E-state index in [1.165, 1.54) is 18.0 Å². The Kier molecular flexibility index (Phi) is 6.77. The van der Waals surface area contributed by atoms with Gasteiger partial charge in [-0.3, -0.25) is 4.79 Å². The molecule has 0 saturated carbocycles. The van der Waals surface area contributed by atoms with Crippen LogP contribution in [-0.4, -0.2) is 62.7 Å². The van der Waals surface area contributed by atoms with Crippen molar-refractivity contribution in [2.45, 2.75) is 20.5 Å². The number of nitrogens with one attached hydrogen (secondary N) is 1. The fourth-order valence-electron chi connectivity index (χ4n) is 2.89. The van der Waals surface area contributed by atoms with E-state index in [0.717, 1.165) is 18.8 Å². The standard InChI is InChI=1S/C18H23N9O4/c1-4-26(5-2)12-7-6-11(14(28)8-12)9-20-22-18(29)15-13(10-30-3)27(25-21-15)17-16(19)23-31-24-17/h6-9,28H,4-5,10H2,1-3H3,(H2,19,23)(H,22,29)/b20-9+. The average molecular weight is 429 g/mol. The summed E-state index contributed by atoms with van der Waals surface area (Å²) in [6.45, 7) is 5.71. The number of hydrazone groups is 1. The van der Waals surface area contributed by atoms with Crippen LogP contribution >= 0.6 is 0 Å². The fraction of sp³-hybridized carbons (Fsp3) is 0.333. The molecule has 0 radical (unpaired) electrons. The molecule has 0 saturated heterocycles. The topological polar surface area (TPSA) is 170 Å². The monoisotopic (exact) mass is 429 g/mol. The van der Waals surface area contributed by atoms with Crippen LogP contribution in [0.15, 0.2) is 27.9 Å². The first kappa shape index (κ1) is 21.7. The maximum absolute atomic E-state index is 12.5. The first-order valence-electron chi connectivity index (χ1n) is 9.43. The Morgan fingerprint density at radius 3 is 2.77 bits per heavy atom. The molecule has 3 aromatic rings. The zero-order chi connectivity index (χ0) is 22.4. The molecule has 0 aliphatic rings. The highest BCUT2D eigenvalue weighted by atomic mass is 16.6. The van der Waals surface area contributed by atoms with Gasteiger partial charge in [0.15, 0.2) is 5.69 Å². The van der Waals surface area contributed by atoms with E-state index in [1.807, 2.05) is 19.9 Å². The Labute approximate surface area is 177 Å². The van der Waals surface area contributed by atoms with Crippen LogP contribution in [0.5, 0.6) is 5.75 Å². The number of benzene rings is 1. The van der Waals surface area contributed by atoms with Crippen molar-refractivity contribution in [3.05, 3.63) is 35.2 Å². The number of carbonyl (C=O) groups excluding carboxylic acids is 1. The predicted octanol–water partition coefficient (Wildman–Crippen LogP) is 0.695. The van der Waals surface area contributed by atoms with Crippen LogP contribution in [0, 0.1) is 0 Å². The molecular formula is C18H23N9O4. The Hall–Kier alpha value is -4.00. The molecule has 1 amide bonds. The van der Waals surface area contributed by atoms with Gasteiger partial charge in [0.1, 0.15) is 11.4 Å². The molecule has 0 fully saturated rings. The number of ether oxygens (including phenoxy) is 1. The number of hydrogen-bond donors (Lipinski definition) is 3. The second-order valence-electron chi connectivity index (χ2n) is 6.32. The Bertz CT molecular complexity index is 1070. The summed E-state index contributed by atoms with van der Waals surface area (Å²) in [5.74, 6) is -0.526. The van der Waals surface area contributed by atoms with E-state index in [2.05, 4.69) is 40.7 Å². The van der Waals surface area contributed by atoms with Crippen LogP contribution in [0.25, 0.3) is 5.82 Å². The van der Waals surface area contributed by atoms with Gasteiger partial charge < -0.3 is 20.5 Å². The molecule has 3 rings (SSSR count). The largest absolute Gasteiger partial charge is 0.507 e. The lowest BCUT2D eigenvalue weighted by Crippen LogP contribution is -2.21. The second-order valence-corrected chi connectivity index (χ2v) is 6.32. The molecule has 0 atom stereocenters. The first-order chi connectivity index (χ1) is 15.0. The van der Waals surface area contributed by atoms with Crippen molar-refractivity contribution in [3.8, 4) is 11.6 Å². The predicted molar refractivity (Wildman–Crippen MR) is 111 cm³/mol. The van der Waals surface area contributed by atoms with Crippen LogP contribution in [0.1, 0.15) is 35.6 Å². The van der Waals surface area contributed by atoms with Crippen LogP contribution in [0.4, 0.5) is 11.5 Å². The quantitative estimate of drug-likeness (QED) is 0.325. The van der Waals surface area contributed by atoms with Gasteiger partial charge in [0.2, 0.25) is 11.6 Å². The van der Waals surface area contributed by atoms with Crippen LogP contribution in [-0.2, 0) is 11.3 Å². The summed E-state index contributed by atoms with van der Waals surface area (Å²) in [5, 5.41) is 29.0. The number of anilines is 2. The van der Waals surface area contributed by atoms with Gasteiger partial charge in [-0.25, -0.2) is 10.1 Å². The van der Waals surface area contributed by atoms with E-state index in [0.29, 0.717) is 5.56 Å². The summed E-state index contributed by atoms with van der Waals surface area (Å²) in [7, 11) is 1.45. The molecule has 164 valence electrons. The minimum atomic E-state index is -0.635. The lowest BCUT2D eigenvalue weighted by Gasteiger charge is -2.21. The zero-order valence-corrected chi connectivity index (χ0v) is 17.3. The summed E-state index contributed by atoms with van der Waals surface area (Å²) in [6.07, 6.45) is 1.33. The molecule has 2 heterocycles. The third kappa shape index (κ3) is 4.61. The number of aromatic hydroxyl groups is 1. The van der Waals surface area contributed by atoms with Gasteiger partial charge in [-0.15, -0.1) is 5.10 Å². The smallest absolute Gasteiger partial charge is 0.293 e. The molecule has 0 unspecified atom stereocenters. The molecule has 13 nitrogen and oxygen atoms in total. The highest BCUT2D eigenvalue weighted by Gasteiger charge is 2.23. The average Bonchev–Trinajstić information content (AvgIpc) is 3.36. The number of nitrogens with two attached hydrogens (primary N) is 1. The summed E-state index contributed by atoms with van der Waals surface area (Å²) in [5.41, 5.74) is 9.61. The van der Waals surface area contributed by atoms with Crippen molar-refractivity contribution in [2.75, 3.05) is 30.8 Å². The third-order valence-corrected chi connectivity index (χ3v) is 4.47. The molecule has 31 heavy (non-hydrogen) atoms. The molecule has 0 spiro atoms. The van der Waals surface area contributed by atoms with Gasteiger partial charge >= 0.3 is 0 Å². The Morgan fingerprint density at radius 2 is 2.16 bits per heavy atom. The van der Waals surface area contributed by atoms with Crippen molar-refractivity contribution in [1.82, 2.24) is 30.7 Å². The van der Waals surface area contributed by atoms with E-state index < -0.39 is 5.91 Å². The maximum Gasteiger partial charge on any atom is 0.293 e. The van der Waals surface area contributed by atoms with Gasteiger partial charge in [-0.2, -0.15) is 9.78 Å². The highest BCUT2D eigenvalue weighted by molar-refractivity contribution is 5.94. The lowest BCUT2D eigenvalue weighted by atomic mass is 10.2. The molecule has 2 aromatic heterocycles. The SMILES string of the molecule is CCN(CC)c1ccc(/C=N/NC(=O)c2nnn(-c3nonc3N)c2COC)c(O)c1. The maximum atomic E-state index is 12.5. The molecule has 0 aliphatic heterocycles. The fourth-order valence-corrected chi connectivity index (χ4v) is 2.89. The number of nitrogen functional groups attached to an aromatic ring is 1. The van der Waals surface area contributed by atoms with Gasteiger partial charge in [0.25, 0.3) is 5.91 Å². The number of nitrogens with zero attached hydrogens (tertiary/aromatic N) is 7. The van der Waals surface area contributed by atoms with Crippen molar-refractivity contribution in [2.24, 2.45) is 5.10 Å². The second kappa shape index (κ2) is 9.67. The van der Waals surface area contributed by atoms with Gasteiger partial charge in [-0.1, -0.05) is 5.21 Å². The number of rotatable bonds is 9. The number of phenolic OH excluding ortho intramolecular Hbond substituents is 1. The summed E-state index contributed by atoms with van der Waals surface area (Å²) < 4.78 is 10.9. The van der Waals surface area contributed by atoms with Gasteiger partial charge in [0.05, 0.1) is 12.8 Å². The lowest BCUT2D eigenvalue weighted by molar-refractivity contribution is 0.0944. The van der Waals surface area contributed by atoms with Crippen molar-refractivity contribution in [1.29, 1.82) is 0 Å². The van der Waals surface area contributed by atoms with E-state index >= 15 is 0 Å². The number of hydrogen-bond acceptors (Lipinski definition) is 11. The van der Waals surface area contributed by atoms with Crippen LogP contribution in [0.2, 0.25) is 0 Å². The van der Waals surface area contributed by atoms with E-state index in [4.69, 9.17) is 10.5 Å². The number of methoxy groups -OCH3 is 1. The molecule has 1 aromatic carbocycles. The number of amides is 1. The van der Waals surface area contributed by atoms with Crippen LogP contribution < -0.4 is 16.1 Å². The zero-order valence-electron chi connectivity index (χ0n) is 17.3. The van der Waals surface area contributed by atoms with Gasteiger partial charge in [-0.05, 0) is 36.3 Å². The van der Waals surface area contributed by atoms with Crippen molar-refractivity contribution in [3.63, 3.8) is 0 Å². The number of aromatic nitrogens is 5. The third-order valence-electron chi connectivity index (χ3n) is 4.47. The molecular weight excluding hydrogens is 406 g/mol. The highest BCUT2D eigenvalue weighted by Crippen LogP contribution is 2.23. The molecule has 0 bridgehead atoms. The minimum absolute atomic E-state index is 0.000620. The Balaban J connectivity index is 1.76. The number of carbonyl (C=O) groups is 1. The summed E-state index contributed by atoms with van der Waals surface area (Å²) in [4.78, 5) is 14.6. The van der Waals surface area contributed by atoms with Crippen molar-refractivity contribution >= 4 is 23.6 Å². The first-order valence-corrected chi connectivity index (χ1v) is 9.43.